The molecular formula is C18H21FN2O2. The first-order valence-corrected chi connectivity index (χ1v) is 8.21. The molecule has 1 atom stereocenters. The van der Waals surface area contributed by atoms with Gasteiger partial charge in [0, 0.05) is 19.0 Å². The quantitative estimate of drug-likeness (QED) is 0.852. The minimum atomic E-state index is -0.261. The van der Waals surface area contributed by atoms with Crippen molar-refractivity contribution < 1.29 is 13.7 Å². The first-order valence-electron chi connectivity index (χ1n) is 8.21. The normalized spacial score (nSPS) is 18.2. The minimum absolute atomic E-state index is 0.0248. The van der Waals surface area contributed by atoms with E-state index in [9.17, 15) is 9.18 Å². The van der Waals surface area contributed by atoms with Crippen molar-refractivity contribution >= 4 is 5.91 Å². The van der Waals surface area contributed by atoms with Crippen LogP contribution in [0.4, 0.5) is 4.39 Å². The van der Waals surface area contributed by atoms with Crippen LogP contribution in [0.25, 0.3) is 0 Å². The second-order valence-corrected chi connectivity index (χ2v) is 5.99. The van der Waals surface area contributed by atoms with E-state index in [0.29, 0.717) is 12.2 Å². The van der Waals surface area contributed by atoms with Crippen LogP contribution in [-0.4, -0.2) is 22.5 Å². The van der Waals surface area contributed by atoms with Crippen molar-refractivity contribution in [1.82, 2.24) is 10.1 Å². The summed E-state index contributed by atoms with van der Waals surface area (Å²) in [5, 5.41) is 3.93. The highest BCUT2D eigenvalue weighted by atomic mass is 19.1. The lowest BCUT2D eigenvalue weighted by Gasteiger charge is -2.35. The summed E-state index contributed by atoms with van der Waals surface area (Å²) >= 11 is 0. The van der Waals surface area contributed by atoms with Crippen molar-refractivity contribution in [3.8, 4) is 0 Å². The van der Waals surface area contributed by atoms with Gasteiger partial charge in [0.15, 0.2) is 5.69 Å². The van der Waals surface area contributed by atoms with Crippen molar-refractivity contribution in [2.75, 3.05) is 6.54 Å². The van der Waals surface area contributed by atoms with Crippen LogP contribution in [0.15, 0.2) is 34.9 Å². The number of aryl methyl sites for hydroxylation is 1. The minimum Gasteiger partial charge on any atom is -0.361 e. The first kappa shape index (κ1) is 15.7. The predicted octanol–water partition coefficient (Wildman–Crippen LogP) is 4.13. The molecule has 0 spiro atoms. The summed E-state index contributed by atoms with van der Waals surface area (Å²) in [6.45, 7) is 2.75. The molecule has 0 aliphatic carbocycles. The van der Waals surface area contributed by atoms with E-state index in [1.807, 2.05) is 4.90 Å². The van der Waals surface area contributed by atoms with Gasteiger partial charge in [-0.25, -0.2) is 4.39 Å². The SMILES string of the molecule is CCCc1cc(C(=O)N2CCCCC2c2ccc(F)cc2)no1. The van der Waals surface area contributed by atoms with E-state index >= 15 is 0 Å². The number of aromatic nitrogens is 1. The number of hydrogen-bond donors (Lipinski definition) is 0. The molecule has 0 N–H and O–H groups in total. The predicted molar refractivity (Wildman–Crippen MR) is 84.5 cm³/mol. The highest BCUT2D eigenvalue weighted by Gasteiger charge is 2.30. The molecule has 0 bridgehead atoms. The lowest BCUT2D eigenvalue weighted by molar-refractivity contribution is 0.0601. The Bertz CT molecular complexity index is 666. The summed E-state index contributed by atoms with van der Waals surface area (Å²) in [6.07, 6.45) is 4.65. The van der Waals surface area contributed by atoms with Crippen molar-refractivity contribution in [3.05, 3.63) is 53.2 Å². The Morgan fingerprint density at radius 3 is 2.87 bits per heavy atom. The van der Waals surface area contributed by atoms with Crippen molar-refractivity contribution in [2.45, 2.75) is 45.1 Å². The van der Waals surface area contributed by atoms with Gasteiger partial charge in [-0.1, -0.05) is 24.2 Å². The van der Waals surface area contributed by atoms with E-state index in [4.69, 9.17) is 4.52 Å². The lowest BCUT2D eigenvalue weighted by Crippen LogP contribution is -2.38. The molecule has 2 aromatic rings. The number of likely N-dealkylation sites (tertiary alicyclic amines) is 1. The molecule has 122 valence electrons. The molecule has 2 heterocycles. The van der Waals surface area contributed by atoms with Crippen LogP contribution in [0.1, 0.15) is 60.5 Å². The molecule has 0 radical (unpaired) electrons. The fourth-order valence-electron chi connectivity index (χ4n) is 3.13. The van der Waals surface area contributed by atoms with Gasteiger partial charge in [-0.15, -0.1) is 0 Å². The van der Waals surface area contributed by atoms with E-state index in [2.05, 4.69) is 12.1 Å². The van der Waals surface area contributed by atoms with Gasteiger partial charge >= 0.3 is 0 Å². The summed E-state index contributed by atoms with van der Waals surface area (Å²) < 4.78 is 18.4. The molecule has 1 aromatic heterocycles. The largest absolute Gasteiger partial charge is 0.361 e. The molecule has 1 saturated heterocycles. The number of carbonyl (C=O) groups excluding carboxylic acids is 1. The zero-order valence-electron chi connectivity index (χ0n) is 13.3. The zero-order valence-corrected chi connectivity index (χ0v) is 13.3. The molecule has 23 heavy (non-hydrogen) atoms. The summed E-state index contributed by atoms with van der Waals surface area (Å²) in [5.41, 5.74) is 1.33. The van der Waals surface area contributed by atoms with Crippen LogP contribution < -0.4 is 0 Å². The van der Waals surface area contributed by atoms with Crippen molar-refractivity contribution in [3.63, 3.8) is 0 Å². The molecular weight excluding hydrogens is 295 g/mol. The van der Waals surface area contributed by atoms with Crippen LogP contribution in [0.2, 0.25) is 0 Å². The van der Waals surface area contributed by atoms with Crippen LogP contribution in [-0.2, 0) is 6.42 Å². The molecule has 0 saturated carbocycles. The zero-order chi connectivity index (χ0) is 16.2. The van der Waals surface area contributed by atoms with E-state index in [-0.39, 0.29) is 17.8 Å². The standard InChI is InChI=1S/C18H21FN2O2/c1-2-5-15-12-16(20-23-15)18(22)21-11-4-3-6-17(21)13-7-9-14(19)10-8-13/h7-10,12,17H,2-6,11H2,1H3. The van der Waals surface area contributed by atoms with Crippen LogP contribution in [0.3, 0.4) is 0 Å². The average molecular weight is 316 g/mol. The van der Waals surface area contributed by atoms with E-state index in [1.165, 1.54) is 12.1 Å². The summed E-state index contributed by atoms with van der Waals surface area (Å²) in [5.74, 6) is 0.375. The molecule has 1 aliphatic heterocycles. The van der Waals surface area contributed by atoms with E-state index in [0.717, 1.165) is 43.4 Å². The van der Waals surface area contributed by atoms with Crippen LogP contribution in [0, 0.1) is 5.82 Å². The summed E-state index contributed by atoms with van der Waals surface area (Å²) in [4.78, 5) is 14.6. The van der Waals surface area contributed by atoms with Gasteiger partial charge in [-0.3, -0.25) is 4.79 Å². The Morgan fingerprint density at radius 2 is 2.13 bits per heavy atom. The Morgan fingerprint density at radius 1 is 1.35 bits per heavy atom. The van der Waals surface area contributed by atoms with E-state index in [1.54, 1.807) is 18.2 Å². The lowest BCUT2D eigenvalue weighted by atomic mass is 9.95. The number of hydrogen-bond acceptors (Lipinski definition) is 3. The van der Waals surface area contributed by atoms with Gasteiger partial charge in [0.2, 0.25) is 0 Å². The van der Waals surface area contributed by atoms with Crippen LogP contribution >= 0.6 is 0 Å². The van der Waals surface area contributed by atoms with Crippen molar-refractivity contribution in [1.29, 1.82) is 0 Å². The van der Waals surface area contributed by atoms with Gasteiger partial charge in [0.1, 0.15) is 11.6 Å². The molecule has 1 unspecified atom stereocenters. The number of nitrogens with zero attached hydrogens (tertiary/aromatic N) is 2. The number of piperidine rings is 1. The number of halogens is 1. The Hall–Kier alpha value is -2.17. The molecule has 4 nitrogen and oxygen atoms in total. The number of rotatable bonds is 4. The maximum Gasteiger partial charge on any atom is 0.276 e. The molecule has 3 rings (SSSR count). The molecule has 1 aliphatic rings. The van der Waals surface area contributed by atoms with Gasteiger partial charge in [-0.05, 0) is 43.4 Å². The number of carbonyl (C=O) groups is 1. The first-order chi connectivity index (χ1) is 11.2. The molecule has 5 heteroatoms. The highest BCUT2D eigenvalue weighted by Crippen LogP contribution is 2.32. The fourth-order valence-corrected chi connectivity index (χ4v) is 3.13. The third kappa shape index (κ3) is 3.44. The smallest absolute Gasteiger partial charge is 0.276 e. The van der Waals surface area contributed by atoms with Gasteiger partial charge in [-0.2, -0.15) is 0 Å². The van der Waals surface area contributed by atoms with E-state index < -0.39 is 0 Å². The number of benzene rings is 1. The highest BCUT2D eigenvalue weighted by molar-refractivity contribution is 5.92. The maximum atomic E-state index is 13.1. The molecule has 1 amide bonds. The summed E-state index contributed by atoms with van der Waals surface area (Å²) in [6, 6.07) is 8.13. The van der Waals surface area contributed by atoms with Gasteiger partial charge in [0.05, 0.1) is 6.04 Å². The number of amides is 1. The summed E-state index contributed by atoms with van der Waals surface area (Å²) in [7, 11) is 0. The topological polar surface area (TPSA) is 46.3 Å². The average Bonchev–Trinajstić information content (AvgIpc) is 3.04. The van der Waals surface area contributed by atoms with Crippen LogP contribution in [0.5, 0.6) is 0 Å². The van der Waals surface area contributed by atoms with Gasteiger partial charge < -0.3 is 9.42 Å². The van der Waals surface area contributed by atoms with Crippen molar-refractivity contribution in [2.24, 2.45) is 0 Å². The Kier molecular flexibility index (Phi) is 4.74. The third-order valence-electron chi connectivity index (χ3n) is 4.29. The third-order valence-corrected chi connectivity index (χ3v) is 4.29. The molecule has 1 fully saturated rings. The second kappa shape index (κ2) is 6.94. The fraction of sp³-hybridized carbons (Fsp3) is 0.444. The Balaban J connectivity index is 1.82. The maximum absolute atomic E-state index is 13.1. The molecule has 1 aromatic carbocycles. The van der Waals surface area contributed by atoms with Gasteiger partial charge in [0.25, 0.3) is 5.91 Å². The monoisotopic (exact) mass is 316 g/mol. The second-order valence-electron chi connectivity index (χ2n) is 5.99. The Labute approximate surface area is 135 Å².